The predicted molar refractivity (Wildman–Crippen MR) is 105 cm³/mol. The lowest BCUT2D eigenvalue weighted by Gasteiger charge is -2.16. The summed E-state index contributed by atoms with van der Waals surface area (Å²) < 4.78 is 0. The number of thioether (sulfide) groups is 1. The Morgan fingerprint density at radius 1 is 0.960 bits per heavy atom. The van der Waals surface area contributed by atoms with Crippen LogP contribution in [0, 0.1) is 13.8 Å². The number of aryl methyl sites for hydroxylation is 2. The molecule has 132 valence electrons. The van der Waals surface area contributed by atoms with Gasteiger partial charge in [0.05, 0.1) is 17.5 Å². The molecule has 2 aromatic carbocycles. The molecule has 25 heavy (non-hydrogen) atoms. The molecular weight excluding hydrogens is 332 g/mol. The zero-order chi connectivity index (χ0) is 18.2. The first kappa shape index (κ1) is 19.1. The summed E-state index contributed by atoms with van der Waals surface area (Å²) >= 11 is 1.31. The summed E-state index contributed by atoms with van der Waals surface area (Å²) in [7, 11) is 0. The highest BCUT2D eigenvalue weighted by Crippen LogP contribution is 2.17. The summed E-state index contributed by atoms with van der Waals surface area (Å²) in [5.41, 5.74) is 4.18. The van der Waals surface area contributed by atoms with Gasteiger partial charge in [-0.25, -0.2) is 0 Å². The third-order valence-electron chi connectivity index (χ3n) is 3.83. The molecule has 0 bridgehead atoms. The van der Waals surface area contributed by atoms with E-state index >= 15 is 0 Å². The van der Waals surface area contributed by atoms with E-state index in [1.165, 1.54) is 11.8 Å². The summed E-state index contributed by atoms with van der Waals surface area (Å²) in [5, 5.41) is 5.80. The van der Waals surface area contributed by atoms with Crippen LogP contribution in [-0.2, 0) is 9.59 Å². The van der Waals surface area contributed by atoms with Gasteiger partial charge in [0.1, 0.15) is 0 Å². The number of carbonyl (C=O) groups is 2. The molecule has 0 saturated carbocycles. The molecule has 4 nitrogen and oxygen atoms in total. The minimum absolute atomic E-state index is 0.0457. The lowest BCUT2D eigenvalue weighted by atomic mass is 10.0. The molecule has 0 aliphatic rings. The summed E-state index contributed by atoms with van der Waals surface area (Å²) in [6.45, 7) is 6.00. The zero-order valence-corrected chi connectivity index (χ0v) is 15.7. The highest BCUT2D eigenvalue weighted by atomic mass is 32.2. The first-order valence-corrected chi connectivity index (χ1v) is 9.40. The van der Waals surface area contributed by atoms with Crippen molar-refractivity contribution in [3.63, 3.8) is 0 Å². The first-order chi connectivity index (χ1) is 12.0. The highest BCUT2D eigenvalue weighted by Gasteiger charge is 2.12. The van der Waals surface area contributed by atoms with E-state index in [9.17, 15) is 9.59 Å². The average Bonchev–Trinajstić information content (AvgIpc) is 2.57. The van der Waals surface area contributed by atoms with E-state index < -0.39 is 0 Å². The van der Waals surface area contributed by atoms with E-state index in [0.29, 0.717) is 0 Å². The summed E-state index contributed by atoms with van der Waals surface area (Å²) in [6.07, 6.45) is 0. The molecule has 0 fully saturated rings. The van der Waals surface area contributed by atoms with Crippen LogP contribution in [0.15, 0.2) is 48.5 Å². The van der Waals surface area contributed by atoms with E-state index in [1.54, 1.807) is 0 Å². The lowest BCUT2D eigenvalue weighted by molar-refractivity contribution is -0.119. The van der Waals surface area contributed by atoms with Crippen LogP contribution in [0.25, 0.3) is 0 Å². The van der Waals surface area contributed by atoms with Crippen molar-refractivity contribution >= 4 is 29.3 Å². The predicted octanol–water partition coefficient (Wildman–Crippen LogP) is 3.85. The molecule has 2 rings (SSSR count). The van der Waals surface area contributed by atoms with Crippen LogP contribution >= 0.6 is 11.8 Å². The Bertz CT molecular complexity index is 729. The quantitative estimate of drug-likeness (QED) is 0.792. The Balaban J connectivity index is 1.72. The van der Waals surface area contributed by atoms with Crippen molar-refractivity contribution in [1.29, 1.82) is 0 Å². The van der Waals surface area contributed by atoms with Gasteiger partial charge in [0.15, 0.2) is 0 Å². The van der Waals surface area contributed by atoms with Crippen LogP contribution in [0.2, 0.25) is 0 Å². The fourth-order valence-corrected chi connectivity index (χ4v) is 3.13. The number of hydrogen-bond acceptors (Lipinski definition) is 3. The van der Waals surface area contributed by atoms with Crippen LogP contribution < -0.4 is 10.6 Å². The van der Waals surface area contributed by atoms with Crippen molar-refractivity contribution in [2.24, 2.45) is 0 Å². The largest absolute Gasteiger partial charge is 0.349 e. The number of anilines is 1. The minimum Gasteiger partial charge on any atom is -0.349 e. The van der Waals surface area contributed by atoms with E-state index in [4.69, 9.17) is 0 Å². The summed E-state index contributed by atoms with van der Waals surface area (Å²) in [5.74, 6) is 0.343. The maximum absolute atomic E-state index is 12.1. The highest BCUT2D eigenvalue weighted by molar-refractivity contribution is 8.00. The van der Waals surface area contributed by atoms with Crippen LogP contribution in [-0.4, -0.2) is 23.3 Å². The summed E-state index contributed by atoms with van der Waals surface area (Å²) in [6, 6.07) is 15.6. The van der Waals surface area contributed by atoms with Crippen LogP contribution in [0.1, 0.15) is 29.7 Å². The van der Waals surface area contributed by atoms with Crippen molar-refractivity contribution in [1.82, 2.24) is 5.32 Å². The van der Waals surface area contributed by atoms with Crippen molar-refractivity contribution in [2.45, 2.75) is 26.8 Å². The minimum atomic E-state index is -0.103. The van der Waals surface area contributed by atoms with Gasteiger partial charge in [-0.1, -0.05) is 42.0 Å². The van der Waals surface area contributed by atoms with E-state index in [2.05, 4.69) is 10.6 Å². The molecule has 0 heterocycles. The number of hydrogen-bond donors (Lipinski definition) is 2. The molecule has 2 N–H and O–H groups in total. The Labute approximate surface area is 153 Å². The van der Waals surface area contributed by atoms with Gasteiger partial charge < -0.3 is 10.6 Å². The van der Waals surface area contributed by atoms with Gasteiger partial charge in [-0.05, 0) is 44.0 Å². The molecule has 2 amide bonds. The number of nitrogens with one attached hydrogen (secondary N) is 2. The van der Waals surface area contributed by atoms with Gasteiger partial charge in [0.25, 0.3) is 0 Å². The van der Waals surface area contributed by atoms with Crippen molar-refractivity contribution < 1.29 is 9.59 Å². The van der Waals surface area contributed by atoms with Crippen molar-refractivity contribution in [3.05, 3.63) is 65.2 Å². The monoisotopic (exact) mass is 356 g/mol. The average molecular weight is 356 g/mol. The number of rotatable bonds is 7. The topological polar surface area (TPSA) is 58.2 Å². The van der Waals surface area contributed by atoms with Gasteiger partial charge >= 0.3 is 0 Å². The molecule has 0 aliphatic heterocycles. The lowest BCUT2D eigenvalue weighted by Crippen LogP contribution is -2.29. The molecule has 0 spiro atoms. The van der Waals surface area contributed by atoms with Crippen molar-refractivity contribution in [3.8, 4) is 0 Å². The van der Waals surface area contributed by atoms with Gasteiger partial charge in [-0.15, -0.1) is 11.8 Å². The van der Waals surface area contributed by atoms with Crippen molar-refractivity contribution in [2.75, 3.05) is 16.8 Å². The van der Waals surface area contributed by atoms with E-state index in [1.807, 2.05) is 69.3 Å². The molecule has 1 atom stereocenters. The number of benzene rings is 2. The summed E-state index contributed by atoms with van der Waals surface area (Å²) in [4.78, 5) is 24.0. The molecule has 0 radical (unpaired) electrons. The Morgan fingerprint density at radius 3 is 2.28 bits per heavy atom. The molecule has 5 heteroatoms. The smallest absolute Gasteiger partial charge is 0.234 e. The van der Waals surface area contributed by atoms with Crippen LogP contribution in [0.4, 0.5) is 5.69 Å². The van der Waals surface area contributed by atoms with Crippen LogP contribution in [0.3, 0.4) is 0 Å². The molecule has 0 aromatic heterocycles. The molecular formula is C20H24N2O2S. The third-order valence-corrected chi connectivity index (χ3v) is 4.77. The number of carbonyl (C=O) groups excluding carboxylic acids is 2. The third kappa shape index (κ3) is 6.27. The molecule has 0 saturated heterocycles. The SMILES string of the molecule is Cc1ccc(NC(=O)CSCC(=O)NC(C)c2ccccc2C)cc1. The number of amides is 2. The maximum Gasteiger partial charge on any atom is 0.234 e. The first-order valence-electron chi connectivity index (χ1n) is 8.25. The Kier molecular flexibility index (Phi) is 7.07. The van der Waals surface area contributed by atoms with Gasteiger partial charge in [-0.3, -0.25) is 9.59 Å². The van der Waals surface area contributed by atoms with Gasteiger partial charge in [0, 0.05) is 5.69 Å². The molecule has 2 aromatic rings. The second-order valence-electron chi connectivity index (χ2n) is 6.05. The second kappa shape index (κ2) is 9.28. The fraction of sp³-hybridized carbons (Fsp3) is 0.300. The van der Waals surface area contributed by atoms with E-state index in [0.717, 1.165) is 22.4 Å². The normalized spacial score (nSPS) is 11.6. The van der Waals surface area contributed by atoms with E-state index in [-0.39, 0.29) is 29.4 Å². The maximum atomic E-state index is 12.1. The zero-order valence-electron chi connectivity index (χ0n) is 14.8. The second-order valence-corrected chi connectivity index (χ2v) is 7.04. The molecule has 0 aliphatic carbocycles. The molecule has 1 unspecified atom stereocenters. The Morgan fingerprint density at radius 2 is 1.60 bits per heavy atom. The fourth-order valence-electron chi connectivity index (χ4n) is 2.50. The van der Waals surface area contributed by atoms with Crippen LogP contribution in [0.5, 0.6) is 0 Å². The van der Waals surface area contributed by atoms with Gasteiger partial charge in [0.2, 0.25) is 11.8 Å². The standard InChI is InChI=1S/C20H24N2O2S/c1-14-8-10-17(11-9-14)22-20(24)13-25-12-19(23)21-16(3)18-7-5-4-6-15(18)2/h4-11,16H,12-13H2,1-3H3,(H,21,23)(H,22,24). The van der Waals surface area contributed by atoms with Gasteiger partial charge in [-0.2, -0.15) is 0 Å². The Hall–Kier alpha value is -2.27.